The summed E-state index contributed by atoms with van der Waals surface area (Å²) >= 11 is 0. The maximum atomic E-state index is 13.1. The van der Waals surface area contributed by atoms with Gasteiger partial charge in [-0.15, -0.1) is 0 Å². The predicted molar refractivity (Wildman–Crippen MR) is 133 cm³/mol. The number of esters is 1. The third-order valence-electron chi connectivity index (χ3n) is 6.28. The van der Waals surface area contributed by atoms with E-state index in [1.54, 1.807) is 0 Å². The Labute approximate surface area is 207 Å². The van der Waals surface area contributed by atoms with Crippen molar-refractivity contribution in [3.63, 3.8) is 0 Å². The SMILES string of the molecule is COC(=O)CC[C@H]1NC(=O)c2cc(Oc3cccc4ccccc34)c(NC(=O)C3CC3)cc2NC1=O. The van der Waals surface area contributed by atoms with Gasteiger partial charge in [-0.05, 0) is 42.8 Å². The maximum absolute atomic E-state index is 13.1. The number of hydrogen-bond donors (Lipinski definition) is 3. The highest BCUT2D eigenvalue weighted by atomic mass is 16.5. The van der Waals surface area contributed by atoms with E-state index >= 15 is 0 Å². The van der Waals surface area contributed by atoms with Crippen molar-refractivity contribution in [1.82, 2.24) is 5.32 Å². The van der Waals surface area contributed by atoms with E-state index < -0.39 is 23.8 Å². The Morgan fingerprint density at radius 3 is 2.58 bits per heavy atom. The van der Waals surface area contributed by atoms with Gasteiger partial charge in [-0.3, -0.25) is 19.2 Å². The van der Waals surface area contributed by atoms with Gasteiger partial charge in [-0.1, -0.05) is 36.4 Å². The van der Waals surface area contributed by atoms with Crippen molar-refractivity contribution in [2.75, 3.05) is 17.7 Å². The molecule has 1 atom stereocenters. The van der Waals surface area contributed by atoms with Crippen LogP contribution in [0.3, 0.4) is 0 Å². The van der Waals surface area contributed by atoms with Crippen molar-refractivity contribution in [1.29, 1.82) is 0 Å². The lowest BCUT2D eigenvalue weighted by molar-refractivity contribution is -0.140. The lowest BCUT2D eigenvalue weighted by atomic mass is 10.1. The van der Waals surface area contributed by atoms with Crippen LogP contribution in [0.1, 0.15) is 36.0 Å². The quantitative estimate of drug-likeness (QED) is 0.433. The number of carbonyl (C=O) groups is 4. The largest absolute Gasteiger partial charge is 0.469 e. The van der Waals surface area contributed by atoms with Gasteiger partial charge in [0, 0.05) is 17.7 Å². The molecule has 3 aromatic carbocycles. The third-order valence-corrected chi connectivity index (χ3v) is 6.28. The number of hydrogen-bond acceptors (Lipinski definition) is 6. The Bertz CT molecular complexity index is 1380. The molecule has 184 valence electrons. The molecule has 0 bridgehead atoms. The second-order valence-corrected chi connectivity index (χ2v) is 8.87. The maximum Gasteiger partial charge on any atom is 0.305 e. The van der Waals surface area contributed by atoms with Gasteiger partial charge in [-0.2, -0.15) is 0 Å². The number of benzene rings is 3. The van der Waals surface area contributed by atoms with E-state index in [9.17, 15) is 19.2 Å². The molecule has 9 nitrogen and oxygen atoms in total. The normalized spacial score (nSPS) is 16.9. The average Bonchev–Trinajstić information content (AvgIpc) is 3.73. The van der Waals surface area contributed by atoms with Crippen molar-refractivity contribution in [2.45, 2.75) is 31.7 Å². The highest BCUT2D eigenvalue weighted by molar-refractivity contribution is 6.11. The minimum atomic E-state index is -0.920. The molecule has 1 heterocycles. The summed E-state index contributed by atoms with van der Waals surface area (Å²) in [6.07, 6.45) is 1.70. The van der Waals surface area contributed by atoms with E-state index in [1.807, 2.05) is 42.5 Å². The standard InChI is InChI=1S/C27H25N3O6/c1-35-24(31)12-11-19-27(34)29-20-14-21(30-25(32)16-9-10-16)23(13-18(20)26(33)28-19)36-22-8-4-6-15-5-2-3-7-17(15)22/h2-8,13-14,16,19H,9-12H2,1H3,(H,28,33)(H,29,34)(H,30,32)/t19-/m1/s1. The molecule has 0 spiro atoms. The first-order valence-electron chi connectivity index (χ1n) is 11.8. The van der Waals surface area contributed by atoms with Crippen LogP contribution in [-0.2, 0) is 19.1 Å². The predicted octanol–water partition coefficient (Wildman–Crippen LogP) is 3.98. The van der Waals surface area contributed by atoms with Crippen LogP contribution in [0.5, 0.6) is 11.5 Å². The zero-order valence-corrected chi connectivity index (χ0v) is 19.6. The van der Waals surface area contributed by atoms with Crippen LogP contribution in [0.2, 0.25) is 0 Å². The number of ether oxygens (including phenoxy) is 2. The smallest absolute Gasteiger partial charge is 0.305 e. The molecule has 0 aromatic heterocycles. The van der Waals surface area contributed by atoms with Gasteiger partial charge < -0.3 is 25.4 Å². The fourth-order valence-electron chi connectivity index (χ4n) is 4.13. The summed E-state index contributed by atoms with van der Waals surface area (Å²) in [6, 6.07) is 15.5. The van der Waals surface area contributed by atoms with Gasteiger partial charge in [0.25, 0.3) is 5.91 Å². The molecule has 1 aliphatic heterocycles. The molecule has 0 saturated heterocycles. The Hall–Kier alpha value is -4.40. The summed E-state index contributed by atoms with van der Waals surface area (Å²) in [5.74, 6) is -0.808. The Morgan fingerprint density at radius 1 is 1.03 bits per heavy atom. The first-order valence-corrected chi connectivity index (χ1v) is 11.8. The second kappa shape index (κ2) is 9.69. The number of nitrogens with one attached hydrogen (secondary N) is 3. The van der Waals surface area contributed by atoms with Gasteiger partial charge in [0.2, 0.25) is 11.8 Å². The molecule has 3 amide bonds. The molecular formula is C27H25N3O6. The van der Waals surface area contributed by atoms with Crippen molar-refractivity contribution < 1.29 is 28.7 Å². The van der Waals surface area contributed by atoms with Crippen molar-refractivity contribution in [2.24, 2.45) is 5.92 Å². The van der Waals surface area contributed by atoms with Gasteiger partial charge in [-0.25, -0.2) is 0 Å². The minimum absolute atomic E-state index is 0.0245. The molecule has 3 aromatic rings. The highest BCUT2D eigenvalue weighted by Gasteiger charge is 2.32. The summed E-state index contributed by atoms with van der Waals surface area (Å²) < 4.78 is 10.9. The zero-order chi connectivity index (χ0) is 25.2. The van der Waals surface area contributed by atoms with Crippen LogP contribution in [-0.4, -0.2) is 36.8 Å². The van der Waals surface area contributed by atoms with E-state index in [-0.39, 0.29) is 41.7 Å². The molecule has 1 fully saturated rings. The fraction of sp³-hybridized carbons (Fsp3) is 0.259. The van der Waals surface area contributed by atoms with Crippen LogP contribution in [0.25, 0.3) is 10.8 Å². The van der Waals surface area contributed by atoms with Crippen LogP contribution in [0.15, 0.2) is 54.6 Å². The topological polar surface area (TPSA) is 123 Å². The molecule has 2 aliphatic rings. The molecule has 0 unspecified atom stereocenters. The molecule has 1 aliphatic carbocycles. The van der Waals surface area contributed by atoms with Crippen LogP contribution < -0.4 is 20.7 Å². The summed E-state index contributed by atoms with van der Waals surface area (Å²) in [4.78, 5) is 50.0. The van der Waals surface area contributed by atoms with Crippen molar-refractivity contribution >= 4 is 45.8 Å². The fourth-order valence-corrected chi connectivity index (χ4v) is 4.13. The van der Waals surface area contributed by atoms with Crippen molar-refractivity contribution in [3.8, 4) is 11.5 Å². The van der Waals surface area contributed by atoms with Gasteiger partial charge in [0.15, 0.2) is 5.75 Å². The second-order valence-electron chi connectivity index (χ2n) is 8.87. The van der Waals surface area contributed by atoms with E-state index in [1.165, 1.54) is 19.2 Å². The summed E-state index contributed by atoms with van der Waals surface area (Å²) in [5, 5.41) is 10.2. The van der Waals surface area contributed by atoms with E-state index in [2.05, 4.69) is 20.7 Å². The molecule has 1 saturated carbocycles. The number of amides is 3. The number of fused-ring (bicyclic) bond motifs is 2. The molecular weight excluding hydrogens is 462 g/mol. The molecule has 36 heavy (non-hydrogen) atoms. The number of methoxy groups -OCH3 is 1. The van der Waals surface area contributed by atoms with E-state index in [0.717, 1.165) is 23.6 Å². The van der Waals surface area contributed by atoms with E-state index in [4.69, 9.17) is 4.74 Å². The first-order chi connectivity index (χ1) is 17.4. The van der Waals surface area contributed by atoms with Crippen LogP contribution in [0, 0.1) is 5.92 Å². The average molecular weight is 488 g/mol. The molecule has 9 heteroatoms. The van der Waals surface area contributed by atoms with Gasteiger partial charge in [0.05, 0.1) is 24.0 Å². The first kappa shape index (κ1) is 23.3. The molecule has 5 rings (SSSR count). The van der Waals surface area contributed by atoms with E-state index in [0.29, 0.717) is 11.4 Å². The Balaban J connectivity index is 1.51. The summed E-state index contributed by atoms with van der Waals surface area (Å²) in [5.41, 5.74) is 0.776. The lowest BCUT2D eigenvalue weighted by Gasteiger charge is -2.17. The van der Waals surface area contributed by atoms with Gasteiger partial charge in [0.1, 0.15) is 11.8 Å². The summed E-state index contributed by atoms with van der Waals surface area (Å²) in [7, 11) is 1.26. The minimum Gasteiger partial charge on any atom is -0.469 e. The van der Waals surface area contributed by atoms with Crippen LogP contribution >= 0.6 is 0 Å². The summed E-state index contributed by atoms with van der Waals surface area (Å²) in [6.45, 7) is 0. The Kier molecular flexibility index (Phi) is 6.28. The lowest BCUT2D eigenvalue weighted by Crippen LogP contribution is -2.41. The van der Waals surface area contributed by atoms with Crippen molar-refractivity contribution in [3.05, 3.63) is 60.2 Å². The number of anilines is 2. The van der Waals surface area contributed by atoms with Gasteiger partial charge >= 0.3 is 5.97 Å². The van der Waals surface area contributed by atoms with Crippen LogP contribution in [0.4, 0.5) is 11.4 Å². The monoisotopic (exact) mass is 487 g/mol. The number of carbonyl (C=O) groups excluding carboxylic acids is 4. The molecule has 0 radical (unpaired) electrons. The Morgan fingerprint density at radius 2 is 1.81 bits per heavy atom. The third kappa shape index (κ3) is 4.86. The molecule has 3 N–H and O–H groups in total. The highest BCUT2D eigenvalue weighted by Crippen LogP contribution is 2.39. The number of rotatable bonds is 7. The zero-order valence-electron chi connectivity index (χ0n) is 19.6.